The van der Waals surface area contributed by atoms with E-state index in [-0.39, 0.29) is 35.8 Å². The van der Waals surface area contributed by atoms with Crippen LogP contribution in [0.4, 0.5) is 5.69 Å². The van der Waals surface area contributed by atoms with Crippen molar-refractivity contribution in [3.8, 4) is 0 Å². The summed E-state index contributed by atoms with van der Waals surface area (Å²) in [5.74, 6) is 1.52. The zero-order valence-electron chi connectivity index (χ0n) is 19.4. The molecule has 1 aliphatic heterocycles. The van der Waals surface area contributed by atoms with Crippen molar-refractivity contribution in [1.29, 1.82) is 0 Å². The molecule has 1 aromatic rings. The highest BCUT2D eigenvalue weighted by atomic mass is 127. The van der Waals surface area contributed by atoms with E-state index in [0.29, 0.717) is 25.7 Å². The van der Waals surface area contributed by atoms with Crippen LogP contribution in [0, 0.1) is 11.8 Å². The predicted molar refractivity (Wildman–Crippen MR) is 137 cm³/mol. The number of carbonyl (C=O) groups excluding carboxylic acids is 1. The largest absolute Gasteiger partial charge is 0.382 e. The number of methoxy groups -OCH3 is 1. The van der Waals surface area contributed by atoms with Crippen LogP contribution in [-0.4, -0.2) is 63.3 Å². The number of benzene rings is 1. The minimum Gasteiger partial charge on any atom is -0.382 e. The van der Waals surface area contributed by atoms with Crippen LogP contribution in [0.1, 0.15) is 39.2 Å². The maximum atomic E-state index is 12.1. The van der Waals surface area contributed by atoms with Crippen molar-refractivity contribution in [3.05, 3.63) is 29.8 Å². The number of anilines is 1. The topological polar surface area (TPSA) is 75.2 Å². The molecule has 1 amide bonds. The second-order valence-corrected chi connectivity index (χ2v) is 7.84. The van der Waals surface area contributed by atoms with Gasteiger partial charge in [0.15, 0.2) is 5.96 Å². The second kappa shape index (κ2) is 15.4. The summed E-state index contributed by atoms with van der Waals surface area (Å²) < 4.78 is 10.7. The molecular formula is C23H39IN4O3. The van der Waals surface area contributed by atoms with Crippen molar-refractivity contribution in [2.45, 2.75) is 40.2 Å². The lowest BCUT2D eigenvalue weighted by molar-refractivity contribution is -0.119. The molecule has 1 saturated heterocycles. The third-order valence-corrected chi connectivity index (χ3v) is 5.37. The monoisotopic (exact) mass is 546 g/mol. The van der Waals surface area contributed by atoms with E-state index in [0.717, 1.165) is 56.3 Å². The van der Waals surface area contributed by atoms with Crippen molar-refractivity contribution >= 4 is 41.5 Å². The smallest absolute Gasteiger partial charge is 0.227 e. The molecule has 0 saturated carbocycles. The SMILES string of the molecule is CCNC(=NCc1cccc(NC(=O)C(C)CC)c1)N1CCC(COCCOC)C1.I. The van der Waals surface area contributed by atoms with E-state index >= 15 is 0 Å². The molecule has 2 N–H and O–H groups in total. The molecule has 1 aromatic carbocycles. The van der Waals surface area contributed by atoms with Crippen LogP contribution >= 0.6 is 24.0 Å². The highest BCUT2D eigenvalue weighted by Gasteiger charge is 2.25. The number of guanidine groups is 1. The average Bonchev–Trinajstić information content (AvgIpc) is 3.22. The fourth-order valence-corrected chi connectivity index (χ4v) is 3.34. The fraction of sp³-hybridized carbons (Fsp3) is 0.652. The van der Waals surface area contributed by atoms with E-state index in [2.05, 4.69) is 22.5 Å². The normalized spacial score (nSPS) is 17.2. The Balaban J connectivity index is 0.00000480. The summed E-state index contributed by atoms with van der Waals surface area (Å²) in [4.78, 5) is 19.3. The van der Waals surface area contributed by atoms with Gasteiger partial charge in [-0.25, -0.2) is 4.99 Å². The molecule has 0 bridgehead atoms. The lowest BCUT2D eigenvalue weighted by atomic mass is 10.1. The third kappa shape index (κ3) is 9.74. The number of hydrogen-bond donors (Lipinski definition) is 2. The highest BCUT2D eigenvalue weighted by molar-refractivity contribution is 14.0. The Morgan fingerprint density at radius 2 is 2.13 bits per heavy atom. The molecule has 31 heavy (non-hydrogen) atoms. The Bertz CT molecular complexity index is 687. The van der Waals surface area contributed by atoms with Crippen molar-refractivity contribution in [3.63, 3.8) is 0 Å². The molecular weight excluding hydrogens is 507 g/mol. The third-order valence-electron chi connectivity index (χ3n) is 5.37. The number of amides is 1. The quantitative estimate of drug-likeness (QED) is 0.192. The molecule has 0 radical (unpaired) electrons. The summed E-state index contributed by atoms with van der Waals surface area (Å²) in [7, 11) is 1.69. The molecule has 1 fully saturated rings. The van der Waals surface area contributed by atoms with Gasteiger partial charge in [-0.2, -0.15) is 0 Å². The van der Waals surface area contributed by atoms with E-state index in [9.17, 15) is 4.79 Å². The number of aliphatic imine (C=N–C) groups is 1. The lowest BCUT2D eigenvalue weighted by Gasteiger charge is -2.22. The first kappa shape index (κ1) is 27.6. The predicted octanol–water partition coefficient (Wildman–Crippen LogP) is 3.74. The number of hydrogen-bond acceptors (Lipinski definition) is 4. The summed E-state index contributed by atoms with van der Waals surface area (Å²) in [6.07, 6.45) is 1.94. The molecule has 0 spiro atoms. The van der Waals surface area contributed by atoms with Gasteiger partial charge < -0.3 is 25.0 Å². The summed E-state index contributed by atoms with van der Waals surface area (Å²) in [6, 6.07) is 7.94. The van der Waals surface area contributed by atoms with Gasteiger partial charge in [0.1, 0.15) is 0 Å². The molecule has 1 aliphatic rings. The van der Waals surface area contributed by atoms with E-state index in [1.54, 1.807) is 7.11 Å². The average molecular weight is 546 g/mol. The minimum absolute atomic E-state index is 0. The maximum Gasteiger partial charge on any atom is 0.227 e. The fourth-order valence-electron chi connectivity index (χ4n) is 3.34. The Kier molecular flexibility index (Phi) is 13.7. The number of likely N-dealkylation sites (tertiary alicyclic amines) is 1. The summed E-state index contributed by atoms with van der Waals surface area (Å²) in [6.45, 7) is 11.4. The van der Waals surface area contributed by atoms with Crippen LogP contribution in [0.5, 0.6) is 0 Å². The molecule has 0 aromatic heterocycles. The number of rotatable bonds is 11. The number of ether oxygens (including phenoxy) is 2. The van der Waals surface area contributed by atoms with Gasteiger partial charge in [-0.1, -0.05) is 26.0 Å². The van der Waals surface area contributed by atoms with Gasteiger partial charge in [0, 0.05) is 44.3 Å². The second-order valence-electron chi connectivity index (χ2n) is 7.84. The molecule has 2 atom stereocenters. The van der Waals surface area contributed by atoms with Gasteiger partial charge in [-0.05, 0) is 37.5 Å². The van der Waals surface area contributed by atoms with Crippen LogP contribution in [0.3, 0.4) is 0 Å². The zero-order valence-corrected chi connectivity index (χ0v) is 21.7. The Hall–Kier alpha value is -1.39. The Labute approximate surface area is 204 Å². The highest BCUT2D eigenvalue weighted by Crippen LogP contribution is 2.18. The van der Waals surface area contributed by atoms with Gasteiger partial charge in [0.25, 0.3) is 0 Å². The van der Waals surface area contributed by atoms with Crippen LogP contribution in [0.2, 0.25) is 0 Å². The first-order valence-corrected chi connectivity index (χ1v) is 11.1. The van der Waals surface area contributed by atoms with E-state index in [1.165, 1.54) is 0 Å². The zero-order chi connectivity index (χ0) is 21.8. The van der Waals surface area contributed by atoms with Crippen LogP contribution in [-0.2, 0) is 20.8 Å². The van der Waals surface area contributed by atoms with E-state index < -0.39 is 0 Å². The molecule has 176 valence electrons. The van der Waals surface area contributed by atoms with Crippen molar-refractivity contribution < 1.29 is 14.3 Å². The Morgan fingerprint density at radius 3 is 2.84 bits per heavy atom. The molecule has 1 heterocycles. The molecule has 0 aliphatic carbocycles. The number of nitrogens with zero attached hydrogens (tertiary/aromatic N) is 2. The van der Waals surface area contributed by atoms with Crippen LogP contribution in [0.25, 0.3) is 0 Å². The maximum absolute atomic E-state index is 12.1. The van der Waals surface area contributed by atoms with E-state index in [4.69, 9.17) is 14.5 Å². The van der Waals surface area contributed by atoms with Crippen LogP contribution in [0.15, 0.2) is 29.3 Å². The van der Waals surface area contributed by atoms with Crippen molar-refractivity contribution in [2.75, 3.05) is 51.9 Å². The van der Waals surface area contributed by atoms with Crippen molar-refractivity contribution in [1.82, 2.24) is 10.2 Å². The van der Waals surface area contributed by atoms with Gasteiger partial charge in [0.2, 0.25) is 5.91 Å². The summed E-state index contributed by atoms with van der Waals surface area (Å²) in [5.41, 5.74) is 1.90. The molecule has 8 heteroatoms. The minimum atomic E-state index is 0. The number of nitrogens with one attached hydrogen (secondary N) is 2. The van der Waals surface area contributed by atoms with Gasteiger partial charge in [0.05, 0.1) is 26.4 Å². The van der Waals surface area contributed by atoms with Crippen molar-refractivity contribution in [2.24, 2.45) is 16.8 Å². The molecule has 2 rings (SSSR count). The number of halogens is 1. The standard InChI is InChI=1S/C23H38N4O3.HI/c1-5-18(3)22(28)26-21-9-7-8-19(14-21)15-25-23(24-6-2)27-11-10-20(16-27)17-30-13-12-29-4;/h7-9,14,18,20H,5-6,10-13,15-17H2,1-4H3,(H,24,25)(H,26,28);1H. The number of carbonyl (C=O) groups is 1. The van der Waals surface area contributed by atoms with Gasteiger partial charge in [-0.3, -0.25) is 4.79 Å². The van der Waals surface area contributed by atoms with E-state index in [1.807, 2.05) is 38.1 Å². The molecule has 2 unspecified atom stereocenters. The first-order chi connectivity index (χ1) is 14.6. The Morgan fingerprint density at radius 1 is 1.32 bits per heavy atom. The lowest BCUT2D eigenvalue weighted by Crippen LogP contribution is -2.40. The summed E-state index contributed by atoms with van der Waals surface area (Å²) >= 11 is 0. The van der Waals surface area contributed by atoms with Crippen LogP contribution < -0.4 is 10.6 Å². The first-order valence-electron chi connectivity index (χ1n) is 11.1. The molecule has 7 nitrogen and oxygen atoms in total. The van der Waals surface area contributed by atoms with Gasteiger partial charge in [-0.15, -0.1) is 24.0 Å². The summed E-state index contributed by atoms with van der Waals surface area (Å²) in [5, 5.41) is 6.41. The van der Waals surface area contributed by atoms with Gasteiger partial charge >= 0.3 is 0 Å².